The van der Waals surface area contributed by atoms with Crippen LogP contribution >= 0.6 is 11.6 Å². The van der Waals surface area contributed by atoms with Gasteiger partial charge in [0.15, 0.2) is 5.75 Å². The fourth-order valence-corrected chi connectivity index (χ4v) is 1.23. The number of hydrogen-bond donors (Lipinski definition) is 0. The van der Waals surface area contributed by atoms with Gasteiger partial charge in [0.1, 0.15) is 12.4 Å². The predicted octanol–water partition coefficient (Wildman–Crippen LogP) is 2.37. The number of nitrogens with zero attached hydrogens (tertiary/aromatic N) is 1. The molecule has 0 saturated carbocycles. The Bertz CT molecular complexity index is 389. The van der Waals surface area contributed by atoms with Crippen LogP contribution in [0.2, 0.25) is 0 Å². The number of benzene rings is 1. The molecule has 17 heavy (non-hydrogen) atoms. The average molecular weight is 264 g/mol. The largest absolute Gasteiger partial charge is 0.484 e. The SMILES string of the molecule is O=[N+]([O-])c1ccc(F)cc1OCCOCCCl. The second kappa shape index (κ2) is 7.03. The van der Waals surface area contributed by atoms with E-state index in [4.69, 9.17) is 21.1 Å². The van der Waals surface area contributed by atoms with Crippen LogP contribution in [0, 0.1) is 15.9 Å². The lowest BCUT2D eigenvalue weighted by molar-refractivity contribution is -0.385. The van der Waals surface area contributed by atoms with Gasteiger partial charge < -0.3 is 9.47 Å². The van der Waals surface area contributed by atoms with Crippen molar-refractivity contribution in [2.45, 2.75) is 0 Å². The summed E-state index contributed by atoms with van der Waals surface area (Å²) in [6.07, 6.45) is 0. The minimum atomic E-state index is -0.631. The van der Waals surface area contributed by atoms with Crippen molar-refractivity contribution in [2.75, 3.05) is 25.7 Å². The molecule has 1 rings (SSSR count). The quantitative estimate of drug-likeness (QED) is 0.328. The smallest absolute Gasteiger partial charge is 0.311 e. The Labute approximate surface area is 102 Å². The van der Waals surface area contributed by atoms with E-state index in [9.17, 15) is 14.5 Å². The zero-order valence-electron chi connectivity index (χ0n) is 8.90. The Kier molecular flexibility index (Phi) is 5.65. The summed E-state index contributed by atoms with van der Waals surface area (Å²) in [5.74, 6) is -0.336. The Morgan fingerprint density at radius 1 is 1.35 bits per heavy atom. The van der Waals surface area contributed by atoms with Gasteiger partial charge in [-0.1, -0.05) is 0 Å². The van der Waals surface area contributed by atoms with Crippen molar-refractivity contribution in [3.63, 3.8) is 0 Å². The van der Waals surface area contributed by atoms with E-state index in [2.05, 4.69) is 0 Å². The van der Waals surface area contributed by atoms with Crippen LogP contribution in [0.4, 0.5) is 10.1 Å². The molecule has 0 heterocycles. The minimum absolute atomic E-state index is 0.0984. The van der Waals surface area contributed by atoms with E-state index in [0.717, 1.165) is 18.2 Å². The van der Waals surface area contributed by atoms with E-state index >= 15 is 0 Å². The summed E-state index contributed by atoms with van der Waals surface area (Å²) in [7, 11) is 0. The maximum atomic E-state index is 12.9. The Morgan fingerprint density at radius 3 is 2.76 bits per heavy atom. The number of rotatable bonds is 7. The molecule has 0 fully saturated rings. The van der Waals surface area contributed by atoms with Gasteiger partial charge in [0, 0.05) is 18.0 Å². The lowest BCUT2D eigenvalue weighted by atomic mass is 10.3. The van der Waals surface area contributed by atoms with E-state index in [1.54, 1.807) is 0 Å². The van der Waals surface area contributed by atoms with Gasteiger partial charge in [0.05, 0.1) is 18.1 Å². The van der Waals surface area contributed by atoms with Crippen molar-refractivity contribution in [2.24, 2.45) is 0 Å². The van der Waals surface area contributed by atoms with Crippen LogP contribution < -0.4 is 4.74 Å². The molecule has 1 aromatic carbocycles. The molecule has 0 aliphatic heterocycles. The number of nitro groups is 1. The summed E-state index contributed by atoms with van der Waals surface area (Å²) in [5.41, 5.74) is -0.274. The summed E-state index contributed by atoms with van der Waals surface area (Å²) >= 11 is 5.38. The van der Waals surface area contributed by atoms with Gasteiger partial charge in [-0.2, -0.15) is 0 Å². The molecule has 7 heteroatoms. The van der Waals surface area contributed by atoms with Crippen LogP contribution in [-0.4, -0.2) is 30.6 Å². The minimum Gasteiger partial charge on any atom is -0.484 e. The van der Waals surface area contributed by atoms with Gasteiger partial charge in [0.25, 0.3) is 0 Å². The fraction of sp³-hybridized carbons (Fsp3) is 0.400. The van der Waals surface area contributed by atoms with Crippen molar-refractivity contribution in [3.05, 3.63) is 34.1 Å². The molecule has 0 radical (unpaired) electrons. The first-order valence-electron chi connectivity index (χ1n) is 4.85. The van der Waals surface area contributed by atoms with Crippen molar-refractivity contribution < 1.29 is 18.8 Å². The first-order valence-corrected chi connectivity index (χ1v) is 5.39. The molecule has 0 bridgehead atoms. The van der Waals surface area contributed by atoms with Gasteiger partial charge in [-0.25, -0.2) is 4.39 Å². The topological polar surface area (TPSA) is 61.6 Å². The summed E-state index contributed by atoms with van der Waals surface area (Å²) in [6, 6.07) is 3.04. The molecule has 0 amide bonds. The highest BCUT2D eigenvalue weighted by Crippen LogP contribution is 2.27. The van der Waals surface area contributed by atoms with Crippen LogP contribution in [0.3, 0.4) is 0 Å². The predicted molar refractivity (Wildman–Crippen MR) is 60.1 cm³/mol. The monoisotopic (exact) mass is 263 g/mol. The summed E-state index contributed by atoms with van der Waals surface area (Å²) in [5, 5.41) is 10.6. The Hall–Kier alpha value is -1.40. The van der Waals surface area contributed by atoms with Crippen molar-refractivity contribution in [1.82, 2.24) is 0 Å². The van der Waals surface area contributed by atoms with Gasteiger partial charge in [-0.05, 0) is 6.07 Å². The number of alkyl halides is 1. The van der Waals surface area contributed by atoms with Crippen molar-refractivity contribution in [1.29, 1.82) is 0 Å². The van der Waals surface area contributed by atoms with E-state index in [1.807, 2.05) is 0 Å². The fourth-order valence-electron chi connectivity index (χ4n) is 1.12. The molecule has 0 spiro atoms. The molecular formula is C10H11ClFNO4. The first kappa shape index (κ1) is 13.7. The van der Waals surface area contributed by atoms with Crippen LogP contribution in [-0.2, 0) is 4.74 Å². The lowest BCUT2D eigenvalue weighted by Crippen LogP contribution is -2.09. The van der Waals surface area contributed by atoms with Crippen LogP contribution in [0.5, 0.6) is 5.75 Å². The molecule has 0 aromatic heterocycles. The maximum Gasteiger partial charge on any atom is 0.311 e. The Morgan fingerprint density at radius 2 is 2.12 bits per heavy atom. The number of halogens is 2. The van der Waals surface area contributed by atoms with E-state index in [1.165, 1.54) is 0 Å². The summed E-state index contributed by atoms with van der Waals surface area (Å²) < 4.78 is 23.0. The maximum absolute atomic E-state index is 12.9. The van der Waals surface area contributed by atoms with Crippen molar-refractivity contribution >= 4 is 17.3 Å². The second-order valence-electron chi connectivity index (χ2n) is 3.02. The van der Waals surface area contributed by atoms with Crippen LogP contribution in [0.15, 0.2) is 18.2 Å². The van der Waals surface area contributed by atoms with Crippen LogP contribution in [0.25, 0.3) is 0 Å². The third-order valence-corrected chi connectivity index (χ3v) is 1.98. The second-order valence-corrected chi connectivity index (χ2v) is 3.40. The average Bonchev–Trinajstić information content (AvgIpc) is 2.28. The van der Waals surface area contributed by atoms with E-state index in [0.29, 0.717) is 12.5 Å². The molecule has 0 saturated heterocycles. The summed E-state index contributed by atoms with van der Waals surface area (Å²) in [4.78, 5) is 9.99. The first-order chi connectivity index (χ1) is 8.15. The van der Waals surface area contributed by atoms with Crippen molar-refractivity contribution in [3.8, 4) is 5.75 Å². The standard InChI is InChI=1S/C10H11ClFNO4/c11-3-4-16-5-6-17-10-7-8(12)1-2-9(10)13(14)15/h1-2,7H,3-6H2. The normalized spacial score (nSPS) is 10.2. The zero-order valence-corrected chi connectivity index (χ0v) is 9.65. The molecule has 5 nitrogen and oxygen atoms in total. The molecule has 94 valence electrons. The molecule has 0 N–H and O–H groups in total. The zero-order chi connectivity index (χ0) is 12.7. The highest BCUT2D eigenvalue weighted by molar-refractivity contribution is 6.17. The van der Waals surface area contributed by atoms with Gasteiger partial charge in [-0.3, -0.25) is 10.1 Å². The highest BCUT2D eigenvalue weighted by atomic mass is 35.5. The van der Waals surface area contributed by atoms with Gasteiger partial charge >= 0.3 is 5.69 Å². The highest BCUT2D eigenvalue weighted by Gasteiger charge is 2.15. The van der Waals surface area contributed by atoms with Gasteiger partial charge in [0.2, 0.25) is 0 Å². The molecule has 0 unspecified atom stereocenters. The Balaban J connectivity index is 2.56. The molecule has 0 atom stereocenters. The van der Waals surface area contributed by atoms with Gasteiger partial charge in [-0.15, -0.1) is 11.6 Å². The number of hydrogen-bond acceptors (Lipinski definition) is 4. The molecular weight excluding hydrogens is 253 g/mol. The molecule has 1 aromatic rings. The molecule has 0 aliphatic rings. The third-order valence-electron chi connectivity index (χ3n) is 1.83. The van der Waals surface area contributed by atoms with Crippen LogP contribution in [0.1, 0.15) is 0 Å². The van der Waals surface area contributed by atoms with E-state index < -0.39 is 10.7 Å². The van der Waals surface area contributed by atoms with E-state index in [-0.39, 0.29) is 24.7 Å². The summed E-state index contributed by atoms with van der Waals surface area (Å²) in [6.45, 7) is 0.706. The molecule has 0 aliphatic carbocycles. The number of nitro benzene ring substituents is 1. The lowest BCUT2D eigenvalue weighted by Gasteiger charge is -2.06. The number of ether oxygens (including phenoxy) is 2. The third kappa shape index (κ3) is 4.54.